The van der Waals surface area contributed by atoms with Gasteiger partial charge < -0.3 is 4.74 Å². The highest BCUT2D eigenvalue weighted by molar-refractivity contribution is 5.26. The molecule has 2 aliphatic carbocycles. The van der Waals surface area contributed by atoms with Crippen molar-refractivity contribution in [2.75, 3.05) is 6.61 Å². The zero-order valence-corrected chi connectivity index (χ0v) is 19.7. The van der Waals surface area contributed by atoms with E-state index in [0.717, 1.165) is 30.8 Å². The van der Waals surface area contributed by atoms with Crippen molar-refractivity contribution in [2.45, 2.75) is 109 Å². The number of allylic oxidation sites excluding steroid dienone is 2. The first-order valence-corrected chi connectivity index (χ1v) is 13.0. The van der Waals surface area contributed by atoms with E-state index in [4.69, 9.17) is 10.00 Å². The summed E-state index contributed by atoms with van der Waals surface area (Å²) >= 11 is 0. The van der Waals surface area contributed by atoms with Gasteiger partial charge in [0.2, 0.25) is 0 Å². The Hall–Kier alpha value is -1.59. The number of aryl methyl sites for hydroxylation is 1. The molecule has 0 heterocycles. The number of unbranched alkanes of at least 4 members (excludes halogenated alkanes) is 2. The van der Waals surface area contributed by atoms with Crippen LogP contribution in [0.25, 0.3) is 0 Å². The van der Waals surface area contributed by atoms with Crippen molar-refractivity contribution in [3.63, 3.8) is 0 Å². The van der Waals surface area contributed by atoms with Crippen molar-refractivity contribution < 1.29 is 4.74 Å². The molecule has 0 atom stereocenters. The summed E-state index contributed by atoms with van der Waals surface area (Å²) in [5.41, 5.74) is 3.04. The number of ether oxygens (including phenoxy) is 1. The minimum atomic E-state index is 0.485. The fourth-order valence-corrected chi connectivity index (χ4v) is 5.53. The molecule has 2 aliphatic rings. The van der Waals surface area contributed by atoms with Crippen molar-refractivity contribution >= 4 is 0 Å². The van der Waals surface area contributed by atoms with Gasteiger partial charge in [-0.3, -0.25) is 0 Å². The third-order valence-electron chi connectivity index (χ3n) is 7.66. The van der Waals surface area contributed by atoms with Gasteiger partial charge in [-0.15, -0.1) is 0 Å². The molecule has 31 heavy (non-hydrogen) atoms. The standard InChI is InChI=1S/C29H43NO/c1-2-3-5-8-25-14-16-27(17-15-25)28-18-20-29(21-19-28)31-23-26-12-10-24(11-13-26)9-6-4-7-22-30/h4,7,14-17,24,26,28-29H,2-3,5-6,8-13,18-21,23H2,1H3/b7-4+. The summed E-state index contributed by atoms with van der Waals surface area (Å²) in [4.78, 5) is 0. The van der Waals surface area contributed by atoms with Crippen LogP contribution in [0.5, 0.6) is 0 Å². The molecule has 0 aliphatic heterocycles. The Balaban J connectivity index is 1.29. The Kier molecular flexibility index (Phi) is 10.7. The first-order chi connectivity index (χ1) is 15.3. The van der Waals surface area contributed by atoms with Gasteiger partial charge in [-0.2, -0.15) is 5.26 Å². The lowest BCUT2D eigenvalue weighted by Crippen LogP contribution is -2.25. The van der Waals surface area contributed by atoms with Crippen LogP contribution >= 0.6 is 0 Å². The summed E-state index contributed by atoms with van der Waals surface area (Å²) < 4.78 is 6.38. The van der Waals surface area contributed by atoms with Gasteiger partial charge in [-0.05, 0) is 93.1 Å². The van der Waals surface area contributed by atoms with Crippen LogP contribution in [0.3, 0.4) is 0 Å². The Labute approximate surface area is 191 Å². The zero-order chi connectivity index (χ0) is 21.7. The lowest BCUT2D eigenvalue weighted by molar-refractivity contribution is -0.00474. The summed E-state index contributed by atoms with van der Waals surface area (Å²) in [6, 6.07) is 11.6. The van der Waals surface area contributed by atoms with Crippen LogP contribution < -0.4 is 0 Å². The molecule has 170 valence electrons. The van der Waals surface area contributed by atoms with E-state index >= 15 is 0 Å². The third kappa shape index (κ3) is 8.46. The predicted molar refractivity (Wildman–Crippen MR) is 130 cm³/mol. The van der Waals surface area contributed by atoms with Gasteiger partial charge in [0.05, 0.1) is 12.2 Å². The Morgan fingerprint density at radius 1 is 0.935 bits per heavy atom. The molecule has 1 aromatic carbocycles. The number of benzene rings is 1. The van der Waals surface area contributed by atoms with E-state index in [2.05, 4.69) is 37.3 Å². The van der Waals surface area contributed by atoms with Gasteiger partial charge in [0.15, 0.2) is 0 Å². The highest BCUT2D eigenvalue weighted by atomic mass is 16.5. The molecule has 0 spiro atoms. The van der Waals surface area contributed by atoms with Crippen LogP contribution in [-0.2, 0) is 11.2 Å². The maximum absolute atomic E-state index is 8.57. The Bertz CT molecular complexity index is 670. The lowest BCUT2D eigenvalue weighted by atomic mass is 9.80. The summed E-state index contributed by atoms with van der Waals surface area (Å²) in [7, 11) is 0. The summed E-state index contributed by atoms with van der Waals surface area (Å²) in [6.45, 7) is 3.25. The second-order valence-corrected chi connectivity index (χ2v) is 10.0. The average molecular weight is 422 g/mol. The number of nitriles is 1. The second-order valence-electron chi connectivity index (χ2n) is 10.0. The smallest absolute Gasteiger partial charge is 0.0908 e. The Morgan fingerprint density at radius 2 is 1.65 bits per heavy atom. The van der Waals surface area contributed by atoms with Gasteiger partial charge in [0.25, 0.3) is 0 Å². The summed E-state index contributed by atoms with van der Waals surface area (Å²) in [6.07, 6.45) is 22.0. The first kappa shape index (κ1) is 24.1. The molecule has 0 saturated heterocycles. The van der Waals surface area contributed by atoms with Crippen molar-refractivity contribution in [3.8, 4) is 6.07 Å². The summed E-state index contributed by atoms with van der Waals surface area (Å²) in [5.74, 6) is 2.35. The van der Waals surface area contributed by atoms with Crippen LogP contribution in [0.4, 0.5) is 0 Å². The maximum Gasteiger partial charge on any atom is 0.0908 e. The van der Waals surface area contributed by atoms with E-state index in [-0.39, 0.29) is 0 Å². The van der Waals surface area contributed by atoms with Crippen molar-refractivity contribution in [2.24, 2.45) is 11.8 Å². The van der Waals surface area contributed by atoms with Crippen molar-refractivity contribution in [3.05, 3.63) is 47.5 Å². The Morgan fingerprint density at radius 3 is 2.32 bits per heavy atom. The van der Waals surface area contributed by atoms with E-state index in [0.29, 0.717) is 6.10 Å². The minimum Gasteiger partial charge on any atom is -0.378 e. The van der Waals surface area contributed by atoms with E-state index in [9.17, 15) is 0 Å². The number of hydrogen-bond acceptors (Lipinski definition) is 2. The van der Waals surface area contributed by atoms with Gasteiger partial charge in [0, 0.05) is 12.7 Å². The number of rotatable bonds is 11. The van der Waals surface area contributed by atoms with Crippen LogP contribution in [0.15, 0.2) is 36.4 Å². The minimum absolute atomic E-state index is 0.485. The fourth-order valence-electron chi connectivity index (χ4n) is 5.53. The molecule has 0 unspecified atom stereocenters. The van der Waals surface area contributed by atoms with Gasteiger partial charge in [-0.25, -0.2) is 0 Å². The molecular weight excluding hydrogens is 378 g/mol. The van der Waals surface area contributed by atoms with Crippen LogP contribution in [0.1, 0.15) is 107 Å². The third-order valence-corrected chi connectivity index (χ3v) is 7.66. The fraction of sp³-hybridized carbons (Fsp3) is 0.690. The van der Waals surface area contributed by atoms with Crippen LogP contribution in [-0.4, -0.2) is 12.7 Å². The van der Waals surface area contributed by atoms with Crippen molar-refractivity contribution in [1.29, 1.82) is 5.26 Å². The molecule has 0 bridgehead atoms. The van der Waals surface area contributed by atoms with Gasteiger partial charge >= 0.3 is 0 Å². The summed E-state index contributed by atoms with van der Waals surface area (Å²) in [5, 5.41) is 8.57. The first-order valence-electron chi connectivity index (χ1n) is 13.0. The van der Waals surface area contributed by atoms with E-state index in [1.165, 1.54) is 89.0 Å². The average Bonchev–Trinajstić information content (AvgIpc) is 2.82. The highest BCUT2D eigenvalue weighted by Gasteiger charge is 2.25. The molecule has 1 aromatic rings. The predicted octanol–water partition coefficient (Wildman–Crippen LogP) is 8.13. The molecule has 2 nitrogen and oxygen atoms in total. The van der Waals surface area contributed by atoms with Crippen molar-refractivity contribution in [1.82, 2.24) is 0 Å². The van der Waals surface area contributed by atoms with E-state index < -0.39 is 0 Å². The highest BCUT2D eigenvalue weighted by Crippen LogP contribution is 2.36. The molecule has 3 rings (SSSR count). The van der Waals surface area contributed by atoms with Crippen LogP contribution in [0.2, 0.25) is 0 Å². The number of nitrogens with zero attached hydrogens (tertiary/aromatic N) is 1. The van der Waals surface area contributed by atoms with Gasteiger partial charge in [-0.1, -0.05) is 62.9 Å². The molecule has 0 amide bonds. The molecular formula is C29H43NO. The lowest BCUT2D eigenvalue weighted by Gasteiger charge is -2.32. The zero-order valence-electron chi connectivity index (χ0n) is 19.7. The van der Waals surface area contributed by atoms with Crippen LogP contribution in [0, 0.1) is 23.2 Å². The monoisotopic (exact) mass is 421 g/mol. The van der Waals surface area contributed by atoms with Gasteiger partial charge in [0.1, 0.15) is 0 Å². The molecule has 0 radical (unpaired) electrons. The normalized spacial score (nSPS) is 26.7. The van der Waals surface area contributed by atoms with E-state index in [1.54, 1.807) is 11.6 Å². The largest absolute Gasteiger partial charge is 0.378 e. The van der Waals surface area contributed by atoms with E-state index in [1.807, 2.05) is 6.08 Å². The second kappa shape index (κ2) is 13.7. The molecule has 2 saturated carbocycles. The maximum atomic E-state index is 8.57. The number of hydrogen-bond donors (Lipinski definition) is 0. The molecule has 0 N–H and O–H groups in total. The topological polar surface area (TPSA) is 33.0 Å². The molecule has 2 heteroatoms. The molecule has 0 aromatic heterocycles. The quantitative estimate of drug-likeness (QED) is 0.267. The SMILES string of the molecule is CCCCCc1ccc(C2CCC(OCC3CCC(CC/C=C/C#N)CC3)CC2)cc1. The molecule has 2 fully saturated rings.